The maximum atomic E-state index is 13.8. The fraction of sp³-hybridized carbons (Fsp3) is 0.632. The lowest BCUT2D eigenvalue weighted by Crippen LogP contribution is -2.49. The molecule has 1 saturated heterocycles. The minimum Gasteiger partial charge on any atom is -0.487 e. The molecule has 1 saturated carbocycles. The van der Waals surface area contributed by atoms with Crippen molar-refractivity contribution in [2.45, 2.75) is 49.7 Å². The Hall–Kier alpha value is -1.89. The number of hydrogen-bond donors (Lipinski definition) is 1. The van der Waals surface area contributed by atoms with Crippen molar-refractivity contribution in [1.82, 2.24) is 10.2 Å². The summed E-state index contributed by atoms with van der Waals surface area (Å²) in [6.45, 7) is -0.969. The van der Waals surface area contributed by atoms with Crippen molar-refractivity contribution in [3.8, 4) is 5.75 Å². The molecular weight excluding hydrogens is 342 g/mol. The van der Waals surface area contributed by atoms with Gasteiger partial charge in [0.25, 0.3) is 5.92 Å². The third-order valence-corrected chi connectivity index (χ3v) is 5.54. The first-order valence-corrected chi connectivity index (χ1v) is 9.25. The van der Waals surface area contributed by atoms with Gasteiger partial charge in [0, 0.05) is 18.5 Å². The number of fused-ring (bicyclic) bond motifs is 1. The van der Waals surface area contributed by atoms with E-state index in [1.165, 1.54) is 0 Å². The van der Waals surface area contributed by atoms with E-state index in [9.17, 15) is 13.6 Å². The van der Waals surface area contributed by atoms with Gasteiger partial charge >= 0.3 is 6.03 Å². The lowest BCUT2D eigenvalue weighted by Gasteiger charge is -2.40. The van der Waals surface area contributed by atoms with Crippen LogP contribution in [0.2, 0.25) is 0 Å². The van der Waals surface area contributed by atoms with E-state index in [1.807, 2.05) is 24.3 Å². The van der Waals surface area contributed by atoms with E-state index in [0.29, 0.717) is 6.42 Å². The topological polar surface area (TPSA) is 50.8 Å². The van der Waals surface area contributed by atoms with Gasteiger partial charge in [-0.05, 0) is 31.7 Å². The van der Waals surface area contributed by atoms with E-state index in [1.54, 1.807) is 0 Å². The van der Waals surface area contributed by atoms with Crippen molar-refractivity contribution in [3.05, 3.63) is 29.8 Å². The number of benzene rings is 1. The van der Waals surface area contributed by atoms with Crippen molar-refractivity contribution >= 4 is 6.03 Å². The Morgan fingerprint density at radius 2 is 2.00 bits per heavy atom. The van der Waals surface area contributed by atoms with Gasteiger partial charge in [0.05, 0.1) is 19.2 Å². The number of ether oxygens (including phenoxy) is 2. The molecule has 0 radical (unpaired) electrons. The lowest BCUT2D eigenvalue weighted by atomic mass is 9.86. The van der Waals surface area contributed by atoms with Crippen molar-refractivity contribution in [2.75, 3.05) is 26.3 Å². The van der Waals surface area contributed by atoms with Gasteiger partial charge in [-0.15, -0.1) is 0 Å². The molecule has 1 spiro atoms. The highest BCUT2D eigenvalue weighted by molar-refractivity contribution is 5.75. The maximum absolute atomic E-state index is 13.8. The van der Waals surface area contributed by atoms with Crippen LogP contribution in [0.4, 0.5) is 13.6 Å². The molecule has 2 amide bonds. The molecule has 7 heteroatoms. The van der Waals surface area contributed by atoms with Crippen molar-refractivity contribution in [1.29, 1.82) is 0 Å². The van der Waals surface area contributed by atoms with Crippen LogP contribution in [0.5, 0.6) is 5.75 Å². The van der Waals surface area contributed by atoms with E-state index >= 15 is 0 Å². The van der Waals surface area contributed by atoms with Crippen LogP contribution in [0.25, 0.3) is 0 Å². The predicted molar refractivity (Wildman–Crippen MR) is 91.5 cm³/mol. The summed E-state index contributed by atoms with van der Waals surface area (Å²) in [5, 5.41) is 2.98. The molecular formula is C19H24F2N2O3. The molecule has 5 nitrogen and oxygen atoms in total. The number of urea groups is 1. The molecule has 0 bridgehead atoms. The molecule has 1 aliphatic carbocycles. The Kier molecular flexibility index (Phi) is 4.50. The van der Waals surface area contributed by atoms with Crippen LogP contribution < -0.4 is 10.1 Å². The van der Waals surface area contributed by atoms with E-state index < -0.39 is 25.1 Å². The monoisotopic (exact) mass is 366 g/mol. The smallest absolute Gasteiger partial charge is 0.318 e. The number of rotatable bonds is 1. The van der Waals surface area contributed by atoms with Gasteiger partial charge in [0.2, 0.25) is 0 Å². The quantitative estimate of drug-likeness (QED) is 0.828. The zero-order valence-electron chi connectivity index (χ0n) is 14.7. The van der Waals surface area contributed by atoms with Gasteiger partial charge in [-0.25, -0.2) is 13.6 Å². The number of halogens is 2. The molecule has 4 rings (SSSR count). The average Bonchev–Trinajstić information content (AvgIpc) is 2.95. The average molecular weight is 366 g/mol. The first-order valence-electron chi connectivity index (χ1n) is 9.25. The van der Waals surface area contributed by atoms with Gasteiger partial charge in [-0.1, -0.05) is 18.2 Å². The number of nitrogens with zero attached hydrogens (tertiary/aromatic N) is 1. The van der Waals surface area contributed by atoms with Crippen molar-refractivity contribution in [2.24, 2.45) is 0 Å². The second-order valence-electron chi connectivity index (χ2n) is 7.57. The number of amides is 2. The number of alkyl halides is 2. The van der Waals surface area contributed by atoms with Crippen LogP contribution in [0.15, 0.2) is 24.3 Å². The predicted octanol–water partition coefficient (Wildman–Crippen LogP) is 3.50. The highest BCUT2D eigenvalue weighted by Gasteiger charge is 2.44. The molecule has 2 heterocycles. The molecule has 142 valence electrons. The summed E-state index contributed by atoms with van der Waals surface area (Å²) < 4.78 is 38.7. The highest BCUT2D eigenvalue weighted by atomic mass is 19.3. The van der Waals surface area contributed by atoms with Crippen LogP contribution in [0, 0.1) is 0 Å². The lowest BCUT2D eigenvalue weighted by molar-refractivity contribution is -0.0653. The fourth-order valence-corrected chi connectivity index (χ4v) is 4.29. The van der Waals surface area contributed by atoms with E-state index in [0.717, 1.165) is 41.9 Å². The largest absolute Gasteiger partial charge is 0.487 e. The molecule has 2 aliphatic heterocycles. The second-order valence-corrected chi connectivity index (χ2v) is 7.57. The third kappa shape index (κ3) is 3.49. The minimum absolute atomic E-state index is 0.122. The number of para-hydroxylation sites is 1. The molecule has 1 aromatic rings. The van der Waals surface area contributed by atoms with Gasteiger partial charge in [0.1, 0.15) is 18.0 Å². The number of nitrogens with one attached hydrogen (secondary N) is 1. The molecule has 26 heavy (non-hydrogen) atoms. The highest BCUT2D eigenvalue weighted by Crippen LogP contribution is 2.47. The molecule has 0 aromatic heterocycles. The zero-order chi connectivity index (χ0) is 18.2. The standard InChI is InChI=1S/C19H24F2N2O3/c20-19(21)12-23(9-10-25-13-19)17(24)22-15-11-18(7-3-4-8-18)26-16-6-2-1-5-14(15)16/h1-2,5-6,15H,3-4,7-13H2,(H,22,24)/t15-/m1/s1. The van der Waals surface area contributed by atoms with Gasteiger partial charge in [0.15, 0.2) is 0 Å². The molecule has 0 unspecified atom stereocenters. The minimum atomic E-state index is -3.02. The van der Waals surface area contributed by atoms with Crippen molar-refractivity contribution < 1.29 is 23.0 Å². The summed E-state index contributed by atoms with van der Waals surface area (Å²) in [5.74, 6) is -2.23. The van der Waals surface area contributed by atoms with Crippen LogP contribution in [-0.2, 0) is 4.74 Å². The summed E-state index contributed by atoms with van der Waals surface area (Å²) in [6.07, 6.45) is 4.82. The third-order valence-electron chi connectivity index (χ3n) is 5.54. The first kappa shape index (κ1) is 17.5. The van der Waals surface area contributed by atoms with Gasteiger partial charge in [-0.3, -0.25) is 0 Å². The number of carbonyl (C=O) groups is 1. The molecule has 1 aromatic carbocycles. The van der Waals surface area contributed by atoms with Crippen LogP contribution in [0.3, 0.4) is 0 Å². The van der Waals surface area contributed by atoms with Gasteiger partial charge < -0.3 is 19.7 Å². The second kappa shape index (κ2) is 6.68. The van der Waals surface area contributed by atoms with Crippen LogP contribution in [-0.4, -0.2) is 48.8 Å². The van der Waals surface area contributed by atoms with Crippen LogP contribution in [0.1, 0.15) is 43.7 Å². The van der Waals surface area contributed by atoms with Crippen LogP contribution >= 0.6 is 0 Å². The molecule has 1 N–H and O–H groups in total. The molecule has 1 atom stereocenters. The van der Waals surface area contributed by atoms with Crippen molar-refractivity contribution in [3.63, 3.8) is 0 Å². The summed E-state index contributed by atoms with van der Waals surface area (Å²) in [6, 6.07) is 6.97. The number of hydrogen-bond acceptors (Lipinski definition) is 3. The Morgan fingerprint density at radius 1 is 1.23 bits per heavy atom. The summed E-state index contributed by atoms with van der Waals surface area (Å²) >= 11 is 0. The normalized spacial score (nSPS) is 26.7. The first-order chi connectivity index (χ1) is 12.5. The van der Waals surface area contributed by atoms with E-state index in [4.69, 9.17) is 9.47 Å². The Balaban J connectivity index is 1.53. The van der Waals surface area contributed by atoms with E-state index in [-0.39, 0.29) is 24.8 Å². The van der Waals surface area contributed by atoms with Gasteiger partial charge in [-0.2, -0.15) is 0 Å². The SMILES string of the molecule is O=C(N[C@@H]1CC2(CCCC2)Oc2ccccc21)N1CCOCC(F)(F)C1. The molecule has 2 fully saturated rings. The maximum Gasteiger partial charge on any atom is 0.318 e. The Morgan fingerprint density at radius 3 is 2.81 bits per heavy atom. The Labute approximate surface area is 151 Å². The molecule has 3 aliphatic rings. The van der Waals surface area contributed by atoms with E-state index in [2.05, 4.69) is 5.32 Å². The summed E-state index contributed by atoms with van der Waals surface area (Å²) in [5.41, 5.74) is 0.661. The Bertz CT molecular complexity index is 677. The summed E-state index contributed by atoms with van der Waals surface area (Å²) in [7, 11) is 0. The fourth-order valence-electron chi connectivity index (χ4n) is 4.29. The number of carbonyl (C=O) groups excluding carboxylic acids is 1. The zero-order valence-corrected chi connectivity index (χ0v) is 14.7. The summed E-state index contributed by atoms with van der Waals surface area (Å²) in [4.78, 5) is 13.9.